The van der Waals surface area contributed by atoms with Gasteiger partial charge in [-0.1, -0.05) is 6.07 Å². The maximum absolute atomic E-state index is 9.89. The Morgan fingerprint density at radius 3 is 2.57 bits per heavy atom. The van der Waals surface area contributed by atoms with E-state index in [1.165, 1.54) is 11.3 Å². The van der Waals surface area contributed by atoms with Crippen LogP contribution in [0.4, 0.5) is 11.4 Å². The molecule has 2 aromatic carbocycles. The monoisotopic (exact) mass is 286 g/mol. The van der Waals surface area contributed by atoms with Gasteiger partial charge in [0.05, 0.1) is 7.11 Å². The topological polar surface area (TPSA) is 44.7 Å². The van der Waals surface area contributed by atoms with Crippen molar-refractivity contribution in [3.63, 3.8) is 0 Å². The molecule has 112 valence electrons. The largest absolute Gasteiger partial charge is 0.508 e. The van der Waals surface area contributed by atoms with Crippen molar-refractivity contribution >= 4 is 11.4 Å². The highest BCUT2D eigenvalue weighted by Gasteiger charge is 2.05. The van der Waals surface area contributed by atoms with E-state index < -0.39 is 0 Å². The molecule has 0 aromatic heterocycles. The summed E-state index contributed by atoms with van der Waals surface area (Å²) in [7, 11) is 5.67. The number of methoxy groups -OCH3 is 1. The molecule has 0 spiro atoms. The first-order valence-corrected chi connectivity index (χ1v) is 6.89. The molecule has 0 saturated heterocycles. The molecule has 0 amide bonds. The van der Waals surface area contributed by atoms with E-state index in [1.54, 1.807) is 19.2 Å². The lowest BCUT2D eigenvalue weighted by atomic mass is 10.1. The van der Waals surface area contributed by atoms with Crippen molar-refractivity contribution in [3.8, 4) is 11.5 Å². The summed E-state index contributed by atoms with van der Waals surface area (Å²) in [5.41, 5.74) is 4.23. The maximum Gasteiger partial charge on any atom is 0.120 e. The number of benzene rings is 2. The van der Waals surface area contributed by atoms with E-state index >= 15 is 0 Å². The van der Waals surface area contributed by atoms with Crippen molar-refractivity contribution < 1.29 is 9.84 Å². The van der Waals surface area contributed by atoms with Crippen LogP contribution in [-0.4, -0.2) is 26.3 Å². The fourth-order valence-electron chi connectivity index (χ4n) is 2.23. The normalized spacial score (nSPS) is 10.3. The zero-order chi connectivity index (χ0) is 15.4. The number of nitrogens with zero attached hydrogens (tertiary/aromatic N) is 1. The second kappa shape index (κ2) is 6.39. The number of hydrogen-bond acceptors (Lipinski definition) is 4. The first-order chi connectivity index (χ1) is 10.0. The van der Waals surface area contributed by atoms with Crippen LogP contribution in [-0.2, 0) is 6.54 Å². The molecule has 0 radical (unpaired) electrons. The van der Waals surface area contributed by atoms with Crippen LogP contribution in [0.5, 0.6) is 11.5 Å². The Bertz CT molecular complexity index is 624. The molecule has 0 fully saturated rings. The highest BCUT2D eigenvalue weighted by Crippen LogP contribution is 2.26. The predicted octanol–water partition coefficient (Wildman–Crippen LogP) is 3.39. The van der Waals surface area contributed by atoms with E-state index in [0.29, 0.717) is 6.54 Å². The molecule has 0 aliphatic rings. The molecule has 0 atom stereocenters. The third-order valence-corrected chi connectivity index (χ3v) is 3.46. The first kappa shape index (κ1) is 15.0. The van der Waals surface area contributed by atoms with Crippen LogP contribution in [0.2, 0.25) is 0 Å². The van der Waals surface area contributed by atoms with Crippen molar-refractivity contribution in [1.29, 1.82) is 0 Å². The van der Waals surface area contributed by atoms with Crippen molar-refractivity contribution in [2.75, 3.05) is 31.4 Å². The Kier molecular flexibility index (Phi) is 4.58. The lowest BCUT2D eigenvalue weighted by Gasteiger charge is -2.17. The third-order valence-electron chi connectivity index (χ3n) is 3.46. The zero-order valence-electron chi connectivity index (χ0n) is 13.0. The number of ether oxygens (including phenoxy) is 1. The molecule has 0 unspecified atom stereocenters. The molecule has 0 heterocycles. The number of rotatable bonds is 5. The molecule has 2 rings (SSSR count). The molecule has 2 aromatic rings. The van der Waals surface area contributed by atoms with Crippen LogP contribution >= 0.6 is 0 Å². The second-order valence-electron chi connectivity index (χ2n) is 5.24. The average Bonchev–Trinajstić information content (AvgIpc) is 2.47. The van der Waals surface area contributed by atoms with Gasteiger partial charge in [-0.05, 0) is 42.8 Å². The molecule has 21 heavy (non-hydrogen) atoms. The van der Waals surface area contributed by atoms with Crippen molar-refractivity contribution in [1.82, 2.24) is 0 Å². The minimum absolute atomic E-state index is 0.267. The number of phenolic OH excluding ortho intramolecular Hbond substituents is 1. The van der Waals surface area contributed by atoms with Crippen LogP contribution in [0.1, 0.15) is 11.1 Å². The van der Waals surface area contributed by atoms with Crippen LogP contribution in [0, 0.1) is 6.92 Å². The van der Waals surface area contributed by atoms with E-state index in [0.717, 1.165) is 17.0 Å². The third kappa shape index (κ3) is 3.60. The Balaban J connectivity index is 2.15. The van der Waals surface area contributed by atoms with Gasteiger partial charge in [-0.25, -0.2) is 0 Å². The lowest BCUT2D eigenvalue weighted by molar-refractivity contribution is 0.411. The van der Waals surface area contributed by atoms with Gasteiger partial charge in [-0.15, -0.1) is 0 Å². The Morgan fingerprint density at radius 2 is 1.90 bits per heavy atom. The molecule has 4 nitrogen and oxygen atoms in total. The summed E-state index contributed by atoms with van der Waals surface area (Å²) in [5.74, 6) is 1.01. The number of nitrogens with one attached hydrogen (secondary N) is 1. The SMILES string of the molecule is COc1ccc(O)c(CNc2ccc(C)c(N(C)C)c2)c1. The summed E-state index contributed by atoms with van der Waals surface area (Å²) in [6.45, 7) is 2.63. The van der Waals surface area contributed by atoms with Gasteiger partial charge < -0.3 is 20.1 Å². The van der Waals surface area contributed by atoms with Crippen LogP contribution < -0.4 is 15.0 Å². The standard InChI is InChI=1S/C17H22N2O2/c1-12-5-6-14(10-16(12)19(2)3)18-11-13-9-15(21-4)7-8-17(13)20/h5-10,18,20H,11H2,1-4H3. The lowest BCUT2D eigenvalue weighted by Crippen LogP contribution is -2.11. The summed E-state index contributed by atoms with van der Waals surface area (Å²) in [5, 5.41) is 13.2. The second-order valence-corrected chi connectivity index (χ2v) is 5.24. The van der Waals surface area contributed by atoms with Gasteiger partial charge in [0.2, 0.25) is 0 Å². The van der Waals surface area contributed by atoms with E-state index in [1.807, 2.05) is 26.2 Å². The number of aryl methyl sites for hydroxylation is 1. The molecule has 0 bridgehead atoms. The van der Waals surface area contributed by atoms with E-state index in [4.69, 9.17) is 4.74 Å². The molecule has 0 aliphatic heterocycles. The highest BCUT2D eigenvalue weighted by atomic mass is 16.5. The highest BCUT2D eigenvalue weighted by molar-refractivity contribution is 5.62. The maximum atomic E-state index is 9.89. The predicted molar refractivity (Wildman–Crippen MR) is 87.5 cm³/mol. The molecule has 0 aliphatic carbocycles. The summed E-state index contributed by atoms with van der Waals surface area (Å²) >= 11 is 0. The first-order valence-electron chi connectivity index (χ1n) is 6.89. The fourth-order valence-corrected chi connectivity index (χ4v) is 2.23. The average molecular weight is 286 g/mol. The number of hydrogen-bond donors (Lipinski definition) is 2. The van der Waals surface area contributed by atoms with Crippen molar-refractivity contribution in [2.24, 2.45) is 0 Å². The van der Waals surface area contributed by atoms with Gasteiger partial charge in [0.25, 0.3) is 0 Å². The van der Waals surface area contributed by atoms with Gasteiger partial charge in [-0.3, -0.25) is 0 Å². The minimum Gasteiger partial charge on any atom is -0.508 e. The van der Waals surface area contributed by atoms with Gasteiger partial charge in [0.1, 0.15) is 11.5 Å². The van der Waals surface area contributed by atoms with E-state index in [2.05, 4.69) is 29.3 Å². The van der Waals surface area contributed by atoms with Gasteiger partial charge in [0, 0.05) is 37.6 Å². The van der Waals surface area contributed by atoms with Gasteiger partial charge in [0.15, 0.2) is 0 Å². The van der Waals surface area contributed by atoms with Gasteiger partial charge in [-0.2, -0.15) is 0 Å². The molecular weight excluding hydrogens is 264 g/mol. The smallest absolute Gasteiger partial charge is 0.120 e. The molecule has 0 saturated carbocycles. The molecule has 2 N–H and O–H groups in total. The van der Waals surface area contributed by atoms with Gasteiger partial charge >= 0.3 is 0 Å². The number of anilines is 2. The summed E-state index contributed by atoms with van der Waals surface area (Å²) in [6.07, 6.45) is 0. The summed E-state index contributed by atoms with van der Waals surface area (Å²) in [4.78, 5) is 2.09. The van der Waals surface area contributed by atoms with Crippen LogP contribution in [0.25, 0.3) is 0 Å². The Morgan fingerprint density at radius 1 is 1.14 bits per heavy atom. The molecular formula is C17H22N2O2. The quantitative estimate of drug-likeness (QED) is 0.884. The van der Waals surface area contributed by atoms with Crippen molar-refractivity contribution in [2.45, 2.75) is 13.5 Å². The minimum atomic E-state index is 0.267. The Hall–Kier alpha value is -2.36. The van der Waals surface area contributed by atoms with Crippen molar-refractivity contribution in [3.05, 3.63) is 47.5 Å². The summed E-state index contributed by atoms with van der Waals surface area (Å²) < 4.78 is 5.18. The van der Waals surface area contributed by atoms with Crippen LogP contribution in [0.15, 0.2) is 36.4 Å². The van der Waals surface area contributed by atoms with E-state index in [9.17, 15) is 5.11 Å². The Labute approximate surface area is 126 Å². The molecule has 4 heteroatoms. The van der Waals surface area contributed by atoms with E-state index in [-0.39, 0.29) is 5.75 Å². The number of phenols is 1. The zero-order valence-corrected chi connectivity index (χ0v) is 13.0. The summed E-state index contributed by atoms with van der Waals surface area (Å²) in [6, 6.07) is 11.5. The fraction of sp³-hybridized carbons (Fsp3) is 0.294. The van der Waals surface area contributed by atoms with Crippen LogP contribution in [0.3, 0.4) is 0 Å². The number of aromatic hydroxyl groups is 1.